The van der Waals surface area contributed by atoms with E-state index in [2.05, 4.69) is 40.8 Å². The molecule has 0 bridgehead atoms. The quantitative estimate of drug-likeness (QED) is 0.861. The molecule has 2 aromatic rings. The fourth-order valence-electron chi connectivity index (χ4n) is 2.80. The zero-order valence-electron chi connectivity index (χ0n) is 13.8. The number of piperidine rings is 1. The van der Waals surface area contributed by atoms with Gasteiger partial charge in [-0.05, 0) is 56.5 Å². The maximum Gasteiger partial charge on any atom is 0.252 e. The summed E-state index contributed by atoms with van der Waals surface area (Å²) in [5, 5.41) is 3.43. The third-order valence-corrected chi connectivity index (χ3v) is 5.28. The largest absolute Gasteiger partial charge is 0.299 e. The van der Waals surface area contributed by atoms with Gasteiger partial charge in [0.25, 0.3) is 5.91 Å². The van der Waals surface area contributed by atoms with E-state index in [4.69, 9.17) is 0 Å². The molecule has 1 saturated heterocycles. The number of thiazole rings is 1. The van der Waals surface area contributed by atoms with E-state index in [1.54, 1.807) is 6.92 Å². The Bertz CT molecular complexity index is 729. The van der Waals surface area contributed by atoms with E-state index in [0.717, 1.165) is 22.7 Å². The standard InChI is InChI=1S/C18H23N3OS/c1-12(2)17(22)20-18-19-15-5-4-14(10-16(15)23-18)11-21-8-6-13(3)7-9-21/h4-5,10,13H,1,6-9,11H2,2-3H3,(H,19,20,22). The number of amides is 1. The maximum absolute atomic E-state index is 11.7. The molecule has 0 radical (unpaired) electrons. The number of fused-ring (bicyclic) bond motifs is 1. The predicted octanol–water partition coefficient (Wildman–Crippen LogP) is 4.04. The van der Waals surface area contributed by atoms with Crippen molar-refractivity contribution in [3.05, 3.63) is 35.9 Å². The minimum Gasteiger partial charge on any atom is -0.299 e. The number of nitrogens with zero attached hydrogens (tertiary/aromatic N) is 2. The number of hydrogen-bond acceptors (Lipinski definition) is 4. The topological polar surface area (TPSA) is 45.2 Å². The fourth-order valence-corrected chi connectivity index (χ4v) is 3.73. The summed E-state index contributed by atoms with van der Waals surface area (Å²) in [6.45, 7) is 11.0. The van der Waals surface area contributed by atoms with Crippen LogP contribution < -0.4 is 5.32 Å². The maximum atomic E-state index is 11.7. The monoisotopic (exact) mass is 329 g/mol. The molecule has 23 heavy (non-hydrogen) atoms. The number of hydrogen-bond donors (Lipinski definition) is 1. The first-order valence-corrected chi connectivity index (χ1v) is 8.91. The van der Waals surface area contributed by atoms with Crippen LogP contribution in [0.5, 0.6) is 0 Å². The Balaban J connectivity index is 1.71. The highest BCUT2D eigenvalue weighted by Gasteiger charge is 2.16. The fraction of sp³-hybridized carbons (Fsp3) is 0.444. The summed E-state index contributed by atoms with van der Waals surface area (Å²) in [4.78, 5) is 18.7. The zero-order chi connectivity index (χ0) is 16.4. The molecule has 0 saturated carbocycles. The second-order valence-corrected chi connectivity index (χ2v) is 7.54. The van der Waals surface area contributed by atoms with E-state index in [1.165, 1.54) is 42.8 Å². The average molecular weight is 329 g/mol. The summed E-state index contributed by atoms with van der Waals surface area (Å²) >= 11 is 1.52. The summed E-state index contributed by atoms with van der Waals surface area (Å²) in [7, 11) is 0. The number of carbonyl (C=O) groups excluding carboxylic acids is 1. The van der Waals surface area contributed by atoms with Crippen molar-refractivity contribution in [2.45, 2.75) is 33.2 Å². The van der Waals surface area contributed by atoms with Crippen LogP contribution in [0.3, 0.4) is 0 Å². The summed E-state index contributed by atoms with van der Waals surface area (Å²) in [5.74, 6) is 0.682. The number of aromatic nitrogens is 1. The van der Waals surface area contributed by atoms with Gasteiger partial charge in [-0.2, -0.15) is 0 Å². The molecular formula is C18H23N3OS. The SMILES string of the molecule is C=C(C)C(=O)Nc1nc2ccc(CN3CCC(C)CC3)cc2s1. The first-order valence-electron chi connectivity index (χ1n) is 8.10. The molecule has 5 heteroatoms. The molecule has 4 nitrogen and oxygen atoms in total. The van der Waals surface area contributed by atoms with Gasteiger partial charge in [0.2, 0.25) is 0 Å². The van der Waals surface area contributed by atoms with Gasteiger partial charge in [-0.1, -0.05) is 30.9 Å². The molecule has 0 spiro atoms. The van der Waals surface area contributed by atoms with E-state index < -0.39 is 0 Å². The van der Waals surface area contributed by atoms with E-state index in [0.29, 0.717) is 10.7 Å². The first kappa shape index (κ1) is 16.1. The molecule has 1 amide bonds. The summed E-state index contributed by atoms with van der Waals surface area (Å²) < 4.78 is 1.12. The Morgan fingerprint density at radius 3 is 2.87 bits per heavy atom. The highest BCUT2D eigenvalue weighted by Crippen LogP contribution is 2.28. The van der Waals surface area contributed by atoms with E-state index in [9.17, 15) is 4.79 Å². The van der Waals surface area contributed by atoms with Crippen LogP contribution in [0.15, 0.2) is 30.4 Å². The Kier molecular flexibility index (Phi) is 4.78. The van der Waals surface area contributed by atoms with Gasteiger partial charge in [0.15, 0.2) is 5.13 Å². The molecule has 0 atom stereocenters. The lowest BCUT2D eigenvalue weighted by molar-refractivity contribution is -0.112. The zero-order valence-corrected chi connectivity index (χ0v) is 14.6. The normalized spacial score (nSPS) is 16.6. The van der Waals surface area contributed by atoms with Crippen LogP contribution in [0.1, 0.15) is 32.3 Å². The van der Waals surface area contributed by atoms with Crippen molar-refractivity contribution in [2.75, 3.05) is 18.4 Å². The Labute approximate surface area is 141 Å². The molecule has 1 N–H and O–H groups in total. The Morgan fingerprint density at radius 1 is 1.43 bits per heavy atom. The minimum atomic E-state index is -0.174. The Hall–Kier alpha value is -1.72. The van der Waals surface area contributed by atoms with Gasteiger partial charge in [0, 0.05) is 12.1 Å². The van der Waals surface area contributed by atoms with Gasteiger partial charge in [-0.3, -0.25) is 15.0 Å². The lowest BCUT2D eigenvalue weighted by Gasteiger charge is -2.30. The third kappa shape index (κ3) is 3.98. The summed E-state index contributed by atoms with van der Waals surface area (Å²) in [5.41, 5.74) is 2.74. The van der Waals surface area contributed by atoms with Crippen LogP contribution in [0, 0.1) is 5.92 Å². The van der Waals surface area contributed by atoms with Gasteiger partial charge < -0.3 is 0 Å². The molecule has 0 aliphatic carbocycles. The van der Waals surface area contributed by atoms with Crippen molar-refractivity contribution in [3.63, 3.8) is 0 Å². The van der Waals surface area contributed by atoms with E-state index in [-0.39, 0.29) is 5.91 Å². The van der Waals surface area contributed by atoms with E-state index >= 15 is 0 Å². The van der Waals surface area contributed by atoms with Gasteiger partial charge in [0.1, 0.15) is 0 Å². The van der Waals surface area contributed by atoms with Crippen molar-refractivity contribution >= 4 is 32.6 Å². The van der Waals surface area contributed by atoms with Gasteiger partial charge in [-0.25, -0.2) is 4.98 Å². The van der Waals surface area contributed by atoms with Crippen LogP contribution in [0.2, 0.25) is 0 Å². The Morgan fingerprint density at radius 2 is 2.17 bits per heavy atom. The number of rotatable bonds is 4. The van der Waals surface area contributed by atoms with Crippen LogP contribution in [-0.2, 0) is 11.3 Å². The van der Waals surface area contributed by atoms with Crippen molar-refractivity contribution in [3.8, 4) is 0 Å². The van der Waals surface area contributed by atoms with Crippen LogP contribution in [-0.4, -0.2) is 28.9 Å². The molecular weight excluding hydrogens is 306 g/mol. The number of nitrogens with one attached hydrogen (secondary N) is 1. The van der Waals surface area contributed by atoms with Crippen LogP contribution >= 0.6 is 11.3 Å². The summed E-state index contributed by atoms with van der Waals surface area (Å²) in [6.07, 6.45) is 2.58. The second-order valence-electron chi connectivity index (χ2n) is 6.51. The molecule has 1 aromatic heterocycles. The molecule has 0 unspecified atom stereocenters. The lowest BCUT2D eigenvalue weighted by atomic mass is 9.99. The predicted molar refractivity (Wildman–Crippen MR) is 96.7 cm³/mol. The number of anilines is 1. The van der Waals surface area contributed by atoms with Crippen molar-refractivity contribution in [1.29, 1.82) is 0 Å². The number of carbonyl (C=O) groups is 1. The molecule has 3 rings (SSSR count). The molecule has 1 aromatic carbocycles. The lowest BCUT2D eigenvalue weighted by Crippen LogP contribution is -2.32. The van der Waals surface area contributed by atoms with Gasteiger partial charge in [0.05, 0.1) is 10.2 Å². The average Bonchev–Trinajstić information content (AvgIpc) is 2.91. The molecule has 2 heterocycles. The second kappa shape index (κ2) is 6.81. The summed E-state index contributed by atoms with van der Waals surface area (Å²) in [6, 6.07) is 6.38. The van der Waals surface area contributed by atoms with Crippen molar-refractivity contribution in [1.82, 2.24) is 9.88 Å². The molecule has 1 aliphatic heterocycles. The van der Waals surface area contributed by atoms with Crippen molar-refractivity contribution < 1.29 is 4.79 Å². The van der Waals surface area contributed by atoms with Gasteiger partial charge >= 0.3 is 0 Å². The highest BCUT2D eigenvalue weighted by atomic mass is 32.1. The van der Waals surface area contributed by atoms with Crippen LogP contribution in [0.25, 0.3) is 10.2 Å². The van der Waals surface area contributed by atoms with E-state index in [1.807, 2.05) is 6.07 Å². The number of likely N-dealkylation sites (tertiary alicyclic amines) is 1. The minimum absolute atomic E-state index is 0.174. The van der Waals surface area contributed by atoms with Crippen LogP contribution in [0.4, 0.5) is 5.13 Å². The molecule has 122 valence electrons. The van der Waals surface area contributed by atoms with Crippen molar-refractivity contribution in [2.24, 2.45) is 5.92 Å². The molecule has 1 fully saturated rings. The number of benzene rings is 1. The highest BCUT2D eigenvalue weighted by molar-refractivity contribution is 7.22. The smallest absolute Gasteiger partial charge is 0.252 e. The van der Waals surface area contributed by atoms with Gasteiger partial charge in [-0.15, -0.1) is 0 Å². The first-order chi connectivity index (χ1) is 11.0. The molecule has 1 aliphatic rings. The third-order valence-electron chi connectivity index (χ3n) is 4.34.